The van der Waals surface area contributed by atoms with Crippen molar-refractivity contribution in [1.29, 1.82) is 0 Å². The molecule has 45 heavy (non-hydrogen) atoms. The number of sulfonamides is 1. The van der Waals surface area contributed by atoms with Crippen molar-refractivity contribution >= 4 is 27.5 Å². The number of carbonyl (C=O) groups excluding carboxylic acids is 2. The lowest BCUT2D eigenvalue weighted by molar-refractivity contribution is -0.140. The highest BCUT2D eigenvalue weighted by atomic mass is 32.2. The van der Waals surface area contributed by atoms with Gasteiger partial charge in [0, 0.05) is 24.6 Å². The molecular formula is C36H40FN3O4S. The first kappa shape index (κ1) is 33.4. The van der Waals surface area contributed by atoms with Gasteiger partial charge < -0.3 is 10.2 Å². The third-order valence-electron chi connectivity index (χ3n) is 8.03. The molecule has 2 unspecified atom stereocenters. The van der Waals surface area contributed by atoms with Crippen LogP contribution in [0.4, 0.5) is 10.1 Å². The Morgan fingerprint density at radius 2 is 1.47 bits per heavy atom. The summed E-state index contributed by atoms with van der Waals surface area (Å²) < 4.78 is 44.5. The molecule has 0 spiro atoms. The van der Waals surface area contributed by atoms with E-state index in [2.05, 4.69) is 5.32 Å². The van der Waals surface area contributed by atoms with E-state index in [0.29, 0.717) is 17.7 Å². The van der Waals surface area contributed by atoms with Gasteiger partial charge in [-0.15, -0.1) is 0 Å². The Labute approximate surface area is 265 Å². The predicted molar refractivity (Wildman–Crippen MR) is 176 cm³/mol. The molecule has 9 heteroatoms. The van der Waals surface area contributed by atoms with E-state index in [9.17, 15) is 18.0 Å². The number of carbonyl (C=O) groups is 2. The van der Waals surface area contributed by atoms with E-state index in [1.807, 2.05) is 57.2 Å². The molecule has 2 atom stereocenters. The molecule has 4 rings (SSSR count). The summed E-state index contributed by atoms with van der Waals surface area (Å²) in [6.07, 6.45) is 0.818. The second-order valence-corrected chi connectivity index (χ2v) is 13.0. The number of benzene rings is 4. The zero-order valence-electron chi connectivity index (χ0n) is 26.1. The van der Waals surface area contributed by atoms with Crippen LogP contribution in [0.2, 0.25) is 0 Å². The van der Waals surface area contributed by atoms with Gasteiger partial charge in [0.25, 0.3) is 10.0 Å². The quantitative estimate of drug-likeness (QED) is 0.191. The van der Waals surface area contributed by atoms with Gasteiger partial charge in [-0.25, -0.2) is 12.8 Å². The van der Waals surface area contributed by atoms with Gasteiger partial charge in [-0.1, -0.05) is 85.8 Å². The molecule has 0 bridgehead atoms. The van der Waals surface area contributed by atoms with E-state index in [1.165, 1.54) is 23.1 Å². The highest BCUT2D eigenvalue weighted by molar-refractivity contribution is 7.92. The number of nitrogens with one attached hydrogen (secondary N) is 1. The van der Waals surface area contributed by atoms with Gasteiger partial charge in [0.05, 0.1) is 10.6 Å². The van der Waals surface area contributed by atoms with Crippen molar-refractivity contribution < 1.29 is 22.4 Å². The van der Waals surface area contributed by atoms with Crippen molar-refractivity contribution in [3.8, 4) is 0 Å². The van der Waals surface area contributed by atoms with Crippen molar-refractivity contribution in [3.63, 3.8) is 0 Å². The normalized spacial score (nSPS) is 12.6. The van der Waals surface area contributed by atoms with Crippen LogP contribution in [-0.4, -0.2) is 43.8 Å². The van der Waals surface area contributed by atoms with E-state index in [1.54, 1.807) is 55.5 Å². The highest BCUT2D eigenvalue weighted by Crippen LogP contribution is 2.29. The maximum atomic E-state index is 15.1. The Bertz CT molecular complexity index is 1720. The van der Waals surface area contributed by atoms with Gasteiger partial charge >= 0.3 is 0 Å². The maximum absolute atomic E-state index is 15.1. The van der Waals surface area contributed by atoms with Crippen LogP contribution in [-0.2, 0) is 32.6 Å². The van der Waals surface area contributed by atoms with Gasteiger partial charge in [0.1, 0.15) is 18.4 Å². The lowest BCUT2D eigenvalue weighted by Crippen LogP contribution is -2.54. The fourth-order valence-corrected chi connectivity index (χ4v) is 6.54. The van der Waals surface area contributed by atoms with Crippen LogP contribution in [0.5, 0.6) is 0 Å². The first-order chi connectivity index (χ1) is 21.5. The summed E-state index contributed by atoms with van der Waals surface area (Å²) in [7, 11) is -4.22. The number of anilines is 1. The van der Waals surface area contributed by atoms with Crippen LogP contribution in [0, 0.1) is 19.7 Å². The summed E-state index contributed by atoms with van der Waals surface area (Å²) in [4.78, 5) is 29.7. The first-order valence-electron chi connectivity index (χ1n) is 15.0. The van der Waals surface area contributed by atoms with Gasteiger partial charge in [-0.05, 0) is 68.1 Å². The average molecular weight is 630 g/mol. The van der Waals surface area contributed by atoms with Gasteiger partial charge in [-0.3, -0.25) is 13.9 Å². The Morgan fingerprint density at radius 1 is 0.844 bits per heavy atom. The monoisotopic (exact) mass is 629 g/mol. The number of amides is 2. The molecule has 1 N–H and O–H groups in total. The summed E-state index contributed by atoms with van der Waals surface area (Å²) in [6.45, 7) is 6.65. The molecule has 0 aromatic heterocycles. The molecule has 0 aliphatic rings. The topological polar surface area (TPSA) is 86.8 Å². The lowest BCUT2D eigenvalue weighted by atomic mass is 10.0. The number of hydrogen-bond acceptors (Lipinski definition) is 4. The standard InChI is InChI=1S/C36H40FN3O4S/c1-5-27(3)38-36(42)34(23-29-16-8-6-9-17-29)39(24-30-18-12-13-21-32(30)37)35(41)25-40(33-22-14-15-26(2)28(33)4)45(43,44)31-19-10-7-11-20-31/h6-22,27,34H,5,23-25H2,1-4H3,(H,38,42). The first-order valence-corrected chi connectivity index (χ1v) is 16.5. The van der Waals surface area contributed by atoms with E-state index in [0.717, 1.165) is 15.4 Å². The molecule has 2 amide bonds. The summed E-state index contributed by atoms with van der Waals surface area (Å²) in [5.41, 5.74) is 2.91. The fraction of sp³-hybridized carbons (Fsp3) is 0.278. The molecule has 0 fully saturated rings. The molecule has 7 nitrogen and oxygen atoms in total. The van der Waals surface area contributed by atoms with Crippen LogP contribution in [0.15, 0.2) is 108 Å². The zero-order valence-corrected chi connectivity index (χ0v) is 26.9. The molecule has 0 heterocycles. The maximum Gasteiger partial charge on any atom is 0.264 e. The Morgan fingerprint density at radius 3 is 2.11 bits per heavy atom. The minimum absolute atomic E-state index is 0.0229. The second kappa shape index (κ2) is 15.0. The Kier molecular flexibility index (Phi) is 11.1. The van der Waals surface area contributed by atoms with Crippen LogP contribution >= 0.6 is 0 Å². The highest BCUT2D eigenvalue weighted by Gasteiger charge is 2.35. The molecule has 0 saturated carbocycles. The van der Waals surface area contributed by atoms with Crippen LogP contribution < -0.4 is 9.62 Å². The lowest BCUT2D eigenvalue weighted by Gasteiger charge is -2.34. The van der Waals surface area contributed by atoms with Crippen molar-refractivity contribution in [3.05, 3.63) is 131 Å². The number of rotatable bonds is 13. The number of nitrogens with zero attached hydrogens (tertiary/aromatic N) is 2. The SMILES string of the molecule is CCC(C)NC(=O)C(Cc1ccccc1)N(Cc1ccccc1F)C(=O)CN(c1cccc(C)c1C)S(=O)(=O)c1ccccc1. The smallest absolute Gasteiger partial charge is 0.264 e. The predicted octanol–water partition coefficient (Wildman–Crippen LogP) is 6.19. The average Bonchev–Trinajstić information content (AvgIpc) is 3.04. The molecule has 0 aliphatic carbocycles. The van der Waals surface area contributed by atoms with Crippen LogP contribution in [0.3, 0.4) is 0 Å². The van der Waals surface area contributed by atoms with E-state index >= 15 is 4.39 Å². The molecule has 0 aliphatic heterocycles. The van der Waals surface area contributed by atoms with E-state index < -0.39 is 40.2 Å². The largest absolute Gasteiger partial charge is 0.352 e. The van der Waals surface area contributed by atoms with E-state index in [-0.39, 0.29) is 29.5 Å². The van der Waals surface area contributed by atoms with Gasteiger partial charge in [0.2, 0.25) is 11.8 Å². The molecule has 0 saturated heterocycles. The van der Waals surface area contributed by atoms with Crippen molar-refractivity contribution in [2.45, 2.75) is 64.1 Å². The third kappa shape index (κ3) is 8.16. The number of aryl methyl sites for hydroxylation is 1. The van der Waals surface area contributed by atoms with Gasteiger partial charge in [-0.2, -0.15) is 0 Å². The van der Waals surface area contributed by atoms with Crippen LogP contribution in [0.25, 0.3) is 0 Å². The summed E-state index contributed by atoms with van der Waals surface area (Å²) in [5.74, 6) is -1.57. The summed E-state index contributed by atoms with van der Waals surface area (Å²) in [5, 5.41) is 2.98. The Hall–Kier alpha value is -4.50. The summed E-state index contributed by atoms with van der Waals surface area (Å²) >= 11 is 0. The number of halogens is 1. The van der Waals surface area contributed by atoms with Crippen molar-refractivity contribution in [1.82, 2.24) is 10.2 Å². The van der Waals surface area contributed by atoms with E-state index in [4.69, 9.17) is 0 Å². The van der Waals surface area contributed by atoms with Crippen molar-refractivity contribution in [2.75, 3.05) is 10.8 Å². The van der Waals surface area contributed by atoms with Crippen molar-refractivity contribution in [2.24, 2.45) is 0 Å². The fourth-order valence-electron chi connectivity index (χ4n) is 5.04. The molecule has 4 aromatic rings. The minimum Gasteiger partial charge on any atom is -0.352 e. The van der Waals surface area contributed by atoms with Gasteiger partial charge in [0.15, 0.2) is 0 Å². The van der Waals surface area contributed by atoms with Crippen LogP contribution in [0.1, 0.15) is 42.5 Å². The Balaban J connectivity index is 1.84. The third-order valence-corrected chi connectivity index (χ3v) is 9.80. The molecule has 236 valence electrons. The molecular weight excluding hydrogens is 589 g/mol. The molecule has 0 radical (unpaired) electrons. The molecule has 4 aromatic carbocycles. The summed E-state index contributed by atoms with van der Waals surface area (Å²) in [6, 6.07) is 27.3. The second-order valence-electron chi connectivity index (χ2n) is 11.2. The number of hydrogen-bond donors (Lipinski definition) is 1. The minimum atomic E-state index is -4.22. The zero-order chi connectivity index (χ0) is 32.6.